The third-order valence-corrected chi connectivity index (χ3v) is 6.72. The van der Waals surface area contributed by atoms with Crippen LogP contribution in [0.1, 0.15) is 36.8 Å². The third kappa shape index (κ3) is 5.45. The number of carboxylic acid groups (broad SMARTS) is 1. The fourth-order valence-electron chi connectivity index (χ4n) is 4.91. The summed E-state index contributed by atoms with van der Waals surface area (Å²) in [7, 11) is 0. The number of carbonyl (C=O) groups excluding carboxylic acids is 3. The summed E-state index contributed by atoms with van der Waals surface area (Å²) in [6.07, 6.45) is 0.0684. The number of nitrogens with one attached hydrogen (secondary N) is 2. The SMILES string of the molecule is C[C@@H]1C[C@H](C(=O)O)CCN1C(=O)CNC(=O)CNC(=O)OCC1c2ccccc2-c2ccccc21. The normalized spacial score (nSPS) is 18.8. The number of aliphatic carboxylic acids is 1. The number of hydrogen-bond acceptors (Lipinski definition) is 5. The molecule has 0 saturated carbocycles. The van der Waals surface area contributed by atoms with Gasteiger partial charge in [0.1, 0.15) is 13.2 Å². The summed E-state index contributed by atoms with van der Waals surface area (Å²) >= 11 is 0. The molecule has 184 valence electrons. The number of ether oxygens (including phenoxy) is 1. The minimum Gasteiger partial charge on any atom is -0.481 e. The molecule has 1 saturated heterocycles. The molecular weight excluding hydrogens is 450 g/mol. The number of carboxylic acids is 1. The summed E-state index contributed by atoms with van der Waals surface area (Å²) in [5.74, 6) is -2.18. The van der Waals surface area contributed by atoms with E-state index in [4.69, 9.17) is 9.84 Å². The second-order valence-electron chi connectivity index (χ2n) is 8.95. The van der Waals surface area contributed by atoms with Crippen LogP contribution in [0.15, 0.2) is 48.5 Å². The van der Waals surface area contributed by atoms with E-state index >= 15 is 0 Å². The number of alkyl carbamates (subject to hydrolysis) is 1. The van der Waals surface area contributed by atoms with Gasteiger partial charge < -0.3 is 25.4 Å². The van der Waals surface area contributed by atoms with E-state index in [-0.39, 0.29) is 37.6 Å². The van der Waals surface area contributed by atoms with Crippen molar-refractivity contribution in [3.63, 3.8) is 0 Å². The molecule has 3 amide bonds. The van der Waals surface area contributed by atoms with Gasteiger partial charge in [0, 0.05) is 18.5 Å². The highest BCUT2D eigenvalue weighted by atomic mass is 16.5. The molecular formula is C26H29N3O6. The molecule has 1 fully saturated rings. The van der Waals surface area contributed by atoms with E-state index in [2.05, 4.69) is 22.8 Å². The minimum absolute atomic E-state index is 0.0770. The van der Waals surface area contributed by atoms with Crippen molar-refractivity contribution in [2.24, 2.45) is 5.92 Å². The van der Waals surface area contributed by atoms with Crippen molar-refractivity contribution in [3.8, 4) is 11.1 Å². The van der Waals surface area contributed by atoms with Gasteiger partial charge in [-0.05, 0) is 42.0 Å². The van der Waals surface area contributed by atoms with Crippen LogP contribution in [0, 0.1) is 5.92 Å². The first-order valence-corrected chi connectivity index (χ1v) is 11.7. The van der Waals surface area contributed by atoms with Crippen LogP contribution in [0.5, 0.6) is 0 Å². The van der Waals surface area contributed by atoms with Gasteiger partial charge >= 0.3 is 12.1 Å². The minimum atomic E-state index is -0.850. The van der Waals surface area contributed by atoms with E-state index < -0.39 is 23.9 Å². The molecule has 2 aromatic rings. The van der Waals surface area contributed by atoms with Crippen LogP contribution in [0.4, 0.5) is 4.79 Å². The van der Waals surface area contributed by atoms with Gasteiger partial charge in [-0.1, -0.05) is 48.5 Å². The van der Waals surface area contributed by atoms with E-state index in [1.54, 1.807) is 11.8 Å². The van der Waals surface area contributed by atoms with E-state index in [0.717, 1.165) is 22.3 Å². The Balaban J connectivity index is 1.20. The number of rotatable bonds is 7. The van der Waals surface area contributed by atoms with Crippen LogP contribution < -0.4 is 10.6 Å². The first-order valence-electron chi connectivity index (χ1n) is 11.7. The molecule has 2 aromatic carbocycles. The Labute approximate surface area is 203 Å². The van der Waals surface area contributed by atoms with Crippen LogP contribution in [0.3, 0.4) is 0 Å². The van der Waals surface area contributed by atoms with E-state index in [0.29, 0.717) is 19.4 Å². The summed E-state index contributed by atoms with van der Waals surface area (Å²) in [5, 5.41) is 14.1. The predicted octanol–water partition coefficient (Wildman–Crippen LogP) is 2.35. The second-order valence-corrected chi connectivity index (χ2v) is 8.95. The molecule has 35 heavy (non-hydrogen) atoms. The molecule has 2 atom stereocenters. The number of piperidine rings is 1. The van der Waals surface area contributed by atoms with Crippen molar-refractivity contribution in [2.45, 2.75) is 31.7 Å². The summed E-state index contributed by atoms with van der Waals surface area (Å²) in [4.78, 5) is 49.5. The van der Waals surface area contributed by atoms with Gasteiger partial charge in [0.25, 0.3) is 0 Å². The van der Waals surface area contributed by atoms with Gasteiger partial charge in [0.15, 0.2) is 0 Å². The van der Waals surface area contributed by atoms with Gasteiger partial charge in [0.05, 0.1) is 12.5 Å². The standard InChI is InChI=1S/C26H29N3O6/c1-16-12-17(25(32)33)10-11-29(16)24(31)14-27-23(30)13-28-26(34)35-15-22-20-8-4-2-6-18(20)19-7-3-5-9-21(19)22/h2-9,16-17,22H,10-15H2,1H3,(H,27,30)(H,28,34)(H,32,33)/t16-,17-/m1/s1. The molecule has 1 heterocycles. The molecule has 0 unspecified atom stereocenters. The molecule has 3 N–H and O–H groups in total. The Bertz CT molecular complexity index is 1090. The topological polar surface area (TPSA) is 125 Å². The number of nitrogens with zero attached hydrogens (tertiary/aromatic N) is 1. The van der Waals surface area contributed by atoms with Crippen molar-refractivity contribution in [1.82, 2.24) is 15.5 Å². The molecule has 9 heteroatoms. The highest BCUT2D eigenvalue weighted by molar-refractivity contribution is 5.87. The summed E-state index contributed by atoms with van der Waals surface area (Å²) in [5.41, 5.74) is 4.45. The molecule has 0 aromatic heterocycles. The van der Waals surface area contributed by atoms with Crippen molar-refractivity contribution in [2.75, 3.05) is 26.2 Å². The molecule has 2 aliphatic rings. The number of carbonyl (C=O) groups is 4. The Morgan fingerprint density at radius 1 is 0.971 bits per heavy atom. The van der Waals surface area contributed by atoms with Crippen LogP contribution in [-0.4, -0.2) is 66.2 Å². The monoisotopic (exact) mass is 479 g/mol. The molecule has 1 aliphatic carbocycles. The highest BCUT2D eigenvalue weighted by Crippen LogP contribution is 2.44. The lowest BCUT2D eigenvalue weighted by Gasteiger charge is -2.36. The van der Waals surface area contributed by atoms with Crippen LogP contribution in [-0.2, 0) is 19.1 Å². The lowest BCUT2D eigenvalue weighted by Crippen LogP contribution is -2.50. The number of hydrogen-bond donors (Lipinski definition) is 3. The zero-order valence-corrected chi connectivity index (χ0v) is 19.5. The maximum absolute atomic E-state index is 12.4. The number of likely N-dealkylation sites (tertiary alicyclic amines) is 1. The van der Waals surface area contributed by atoms with Gasteiger partial charge in [-0.2, -0.15) is 0 Å². The summed E-state index contributed by atoms with van der Waals surface area (Å²) in [6.45, 7) is 1.75. The molecule has 0 bridgehead atoms. The molecule has 4 rings (SSSR count). The third-order valence-electron chi connectivity index (χ3n) is 6.72. The summed E-state index contributed by atoms with van der Waals surface area (Å²) in [6, 6.07) is 15.8. The van der Waals surface area contributed by atoms with Gasteiger partial charge in [0.2, 0.25) is 11.8 Å². The van der Waals surface area contributed by atoms with Crippen molar-refractivity contribution in [1.29, 1.82) is 0 Å². The predicted molar refractivity (Wildman–Crippen MR) is 128 cm³/mol. The molecule has 0 radical (unpaired) electrons. The maximum Gasteiger partial charge on any atom is 0.407 e. The Morgan fingerprint density at radius 2 is 1.60 bits per heavy atom. The second kappa shape index (κ2) is 10.6. The lowest BCUT2D eigenvalue weighted by atomic mass is 9.92. The zero-order valence-electron chi connectivity index (χ0n) is 19.5. The number of fused-ring (bicyclic) bond motifs is 3. The largest absolute Gasteiger partial charge is 0.481 e. The first-order chi connectivity index (χ1) is 16.8. The summed E-state index contributed by atoms with van der Waals surface area (Å²) < 4.78 is 5.40. The average Bonchev–Trinajstić information content (AvgIpc) is 3.18. The van der Waals surface area contributed by atoms with E-state index in [1.165, 1.54) is 0 Å². The number of benzene rings is 2. The van der Waals surface area contributed by atoms with Crippen LogP contribution in [0.25, 0.3) is 11.1 Å². The molecule has 1 aliphatic heterocycles. The maximum atomic E-state index is 12.4. The highest BCUT2D eigenvalue weighted by Gasteiger charge is 2.32. The van der Waals surface area contributed by atoms with Gasteiger partial charge in [-0.25, -0.2) is 4.79 Å². The zero-order chi connectivity index (χ0) is 24.9. The smallest absolute Gasteiger partial charge is 0.407 e. The fourth-order valence-corrected chi connectivity index (χ4v) is 4.91. The van der Waals surface area contributed by atoms with Crippen molar-refractivity contribution >= 4 is 23.9 Å². The fraction of sp³-hybridized carbons (Fsp3) is 0.385. The van der Waals surface area contributed by atoms with Crippen LogP contribution >= 0.6 is 0 Å². The Morgan fingerprint density at radius 3 is 2.20 bits per heavy atom. The van der Waals surface area contributed by atoms with E-state index in [9.17, 15) is 19.2 Å². The Hall–Kier alpha value is -3.88. The quantitative estimate of drug-likeness (QED) is 0.560. The Kier molecular flexibility index (Phi) is 7.33. The van der Waals surface area contributed by atoms with Crippen molar-refractivity contribution < 1.29 is 29.0 Å². The number of amides is 3. The lowest BCUT2D eigenvalue weighted by molar-refractivity contribution is -0.147. The first kappa shape index (κ1) is 24.3. The van der Waals surface area contributed by atoms with Crippen LogP contribution in [0.2, 0.25) is 0 Å². The van der Waals surface area contributed by atoms with Crippen molar-refractivity contribution in [3.05, 3.63) is 59.7 Å². The average molecular weight is 480 g/mol. The van der Waals surface area contributed by atoms with Gasteiger partial charge in [-0.15, -0.1) is 0 Å². The molecule has 0 spiro atoms. The van der Waals surface area contributed by atoms with Gasteiger partial charge in [-0.3, -0.25) is 14.4 Å². The molecule has 9 nitrogen and oxygen atoms in total. The van der Waals surface area contributed by atoms with E-state index in [1.807, 2.05) is 36.4 Å².